The van der Waals surface area contributed by atoms with E-state index in [0.717, 1.165) is 0 Å². The molecule has 0 aliphatic carbocycles. The van der Waals surface area contributed by atoms with Crippen molar-refractivity contribution in [3.05, 3.63) is 138 Å². The van der Waals surface area contributed by atoms with Gasteiger partial charge in [-0.1, -0.05) is 84.9 Å². The smallest absolute Gasteiger partial charge is 0.119 e. The molecule has 0 bridgehead atoms. The minimum atomic E-state index is -1.99. The number of hydrogen-bond acceptors (Lipinski definition) is 0. The molecule has 1 atom stereocenters. The summed E-state index contributed by atoms with van der Waals surface area (Å²) in [6.45, 7) is 7.02. The Balaban J connectivity index is 0.00000274. The summed E-state index contributed by atoms with van der Waals surface area (Å²) in [5.41, 5.74) is 4.53. The van der Waals surface area contributed by atoms with Crippen molar-refractivity contribution in [2.75, 3.05) is 0 Å². The Morgan fingerprint density at radius 3 is 1.35 bits per heavy atom. The second-order valence-electron chi connectivity index (χ2n) is 8.86. The maximum Gasteiger partial charge on any atom is 0.119 e. The topological polar surface area (TPSA) is 0 Å². The maximum atomic E-state index is 2.46. The fourth-order valence-electron chi connectivity index (χ4n) is 5.48. The molecule has 5 rings (SSSR count). The minimum absolute atomic E-state index is 0. The number of hydrogen-bond donors (Lipinski definition) is 0. The first kappa shape index (κ1) is 24.4. The summed E-state index contributed by atoms with van der Waals surface area (Å²) in [4.78, 5) is 0. The number of fused-ring (bicyclic) bond motifs is 1. The van der Waals surface area contributed by atoms with E-state index in [0.29, 0.717) is 5.66 Å². The van der Waals surface area contributed by atoms with Gasteiger partial charge in [-0.3, -0.25) is 0 Å². The van der Waals surface area contributed by atoms with E-state index in [9.17, 15) is 0 Å². The largest absolute Gasteiger partial charge is 1.00 e. The molecule has 34 heavy (non-hydrogen) atoms. The molecule has 0 heterocycles. The Hall–Kier alpha value is -2.73. The van der Waals surface area contributed by atoms with Gasteiger partial charge < -0.3 is 17.0 Å². The van der Waals surface area contributed by atoms with Crippen molar-refractivity contribution in [3.8, 4) is 0 Å². The lowest BCUT2D eigenvalue weighted by molar-refractivity contribution is -0.00000648. The van der Waals surface area contributed by atoms with Gasteiger partial charge in [0.2, 0.25) is 0 Å². The van der Waals surface area contributed by atoms with Gasteiger partial charge in [0.1, 0.15) is 28.8 Å². The number of halogens is 1. The van der Waals surface area contributed by atoms with Gasteiger partial charge in [0.15, 0.2) is 0 Å². The van der Waals surface area contributed by atoms with Crippen LogP contribution in [0.3, 0.4) is 0 Å². The SMILES string of the molecule is Cc1cc(C(C)[P+](c2ccccc2)(c2ccccc2)c2ccccc2)c(C)c2ccccc12.[Br-]. The molecular weight excluding hydrogens is 495 g/mol. The van der Waals surface area contributed by atoms with Crippen molar-refractivity contribution in [2.24, 2.45) is 0 Å². The summed E-state index contributed by atoms with van der Waals surface area (Å²) < 4.78 is 0. The van der Waals surface area contributed by atoms with Crippen molar-refractivity contribution in [3.63, 3.8) is 0 Å². The predicted molar refractivity (Wildman–Crippen MR) is 147 cm³/mol. The summed E-state index contributed by atoms with van der Waals surface area (Å²) >= 11 is 0. The molecule has 0 N–H and O–H groups in total. The van der Waals surface area contributed by atoms with Crippen LogP contribution in [-0.4, -0.2) is 0 Å². The van der Waals surface area contributed by atoms with E-state index in [-0.39, 0.29) is 17.0 Å². The average Bonchev–Trinajstić information content (AvgIpc) is 2.88. The highest BCUT2D eigenvalue weighted by Gasteiger charge is 2.51. The van der Waals surface area contributed by atoms with E-state index in [1.54, 1.807) is 0 Å². The summed E-state index contributed by atoms with van der Waals surface area (Å²) in [5, 5.41) is 7.01. The van der Waals surface area contributed by atoms with Crippen molar-refractivity contribution < 1.29 is 17.0 Å². The molecule has 0 aliphatic heterocycles. The van der Waals surface area contributed by atoms with E-state index < -0.39 is 7.26 Å². The molecule has 1 unspecified atom stereocenters. The van der Waals surface area contributed by atoms with Crippen LogP contribution in [0, 0.1) is 13.8 Å². The summed E-state index contributed by atoms with van der Waals surface area (Å²) in [5.74, 6) is 0. The van der Waals surface area contributed by atoms with Gasteiger partial charge in [-0.15, -0.1) is 0 Å². The van der Waals surface area contributed by atoms with Gasteiger partial charge in [-0.2, -0.15) is 0 Å². The van der Waals surface area contributed by atoms with Gasteiger partial charge in [0, 0.05) is 0 Å². The molecule has 0 radical (unpaired) electrons. The molecule has 0 spiro atoms. The van der Waals surface area contributed by atoms with Gasteiger partial charge in [-0.25, -0.2) is 0 Å². The number of aryl methyl sites for hydroxylation is 2. The monoisotopic (exact) mass is 524 g/mol. The molecule has 0 fully saturated rings. The third-order valence-electron chi connectivity index (χ3n) is 7.08. The van der Waals surface area contributed by atoms with E-state index in [1.165, 1.54) is 43.4 Å². The lowest BCUT2D eigenvalue weighted by atomic mass is 9.95. The minimum Gasteiger partial charge on any atom is -1.00 e. The Morgan fingerprint density at radius 2 is 0.912 bits per heavy atom. The molecule has 5 aromatic carbocycles. The molecule has 0 saturated carbocycles. The highest BCUT2D eigenvalue weighted by Crippen LogP contribution is 2.67. The molecule has 0 amide bonds. The Bertz CT molecular complexity index is 1280. The number of rotatable bonds is 5. The standard InChI is InChI=1S/C32H30P.BrH/c1-24-23-32(25(2)31-22-14-13-21-30(24)31)26(3)33(27-15-7-4-8-16-27,28-17-9-5-10-18-28)29-19-11-6-12-20-29;/h4-23,26H,1-3H3;1H/q+1;/p-1. The molecule has 0 aromatic heterocycles. The third-order valence-corrected chi connectivity index (χ3v) is 11.9. The molecule has 0 aliphatic rings. The fraction of sp³-hybridized carbons (Fsp3) is 0.125. The maximum absolute atomic E-state index is 2.46. The highest BCUT2D eigenvalue weighted by molar-refractivity contribution is 7.95. The van der Waals surface area contributed by atoms with Crippen molar-refractivity contribution in [1.82, 2.24) is 0 Å². The second kappa shape index (κ2) is 10.3. The number of benzene rings is 5. The van der Waals surface area contributed by atoms with Gasteiger partial charge in [-0.05, 0) is 84.6 Å². The highest BCUT2D eigenvalue weighted by atomic mass is 79.9. The van der Waals surface area contributed by atoms with Gasteiger partial charge >= 0.3 is 0 Å². The molecule has 2 heteroatoms. The summed E-state index contributed by atoms with van der Waals surface area (Å²) in [6, 6.07) is 44.9. The van der Waals surface area contributed by atoms with E-state index in [2.05, 4.69) is 142 Å². The van der Waals surface area contributed by atoms with Crippen LogP contribution in [0.5, 0.6) is 0 Å². The fourth-order valence-corrected chi connectivity index (χ4v) is 10.3. The van der Waals surface area contributed by atoms with Crippen LogP contribution in [0.25, 0.3) is 10.8 Å². The second-order valence-corrected chi connectivity index (χ2v) is 12.6. The lowest BCUT2D eigenvalue weighted by Crippen LogP contribution is -3.00. The van der Waals surface area contributed by atoms with Gasteiger partial charge in [0.25, 0.3) is 0 Å². The normalized spacial score (nSPS) is 12.2. The van der Waals surface area contributed by atoms with Crippen molar-refractivity contribution in [2.45, 2.75) is 26.4 Å². The average molecular weight is 525 g/mol. The molecule has 0 saturated heterocycles. The van der Waals surface area contributed by atoms with E-state index in [1.807, 2.05) is 0 Å². The molecular formula is C32H30BrP. The molecule has 5 aromatic rings. The van der Waals surface area contributed by atoms with E-state index >= 15 is 0 Å². The Kier molecular flexibility index (Phi) is 7.36. The van der Waals surface area contributed by atoms with Crippen LogP contribution < -0.4 is 32.9 Å². The zero-order chi connectivity index (χ0) is 22.8. The van der Waals surface area contributed by atoms with Crippen LogP contribution in [0.4, 0.5) is 0 Å². The van der Waals surface area contributed by atoms with Crippen LogP contribution >= 0.6 is 7.26 Å². The molecule has 0 nitrogen and oxygen atoms in total. The zero-order valence-corrected chi connectivity index (χ0v) is 22.4. The van der Waals surface area contributed by atoms with Crippen molar-refractivity contribution in [1.29, 1.82) is 0 Å². The Labute approximate surface area is 214 Å². The van der Waals surface area contributed by atoms with E-state index in [4.69, 9.17) is 0 Å². The van der Waals surface area contributed by atoms with Crippen LogP contribution in [0.15, 0.2) is 121 Å². The quantitative estimate of drug-likeness (QED) is 0.296. The molecule has 170 valence electrons. The van der Waals surface area contributed by atoms with Gasteiger partial charge in [0.05, 0.1) is 0 Å². The first-order valence-corrected chi connectivity index (χ1v) is 13.5. The van der Waals surface area contributed by atoms with Crippen molar-refractivity contribution >= 4 is 33.9 Å². The first-order chi connectivity index (χ1) is 16.1. The Morgan fingerprint density at radius 1 is 0.529 bits per heavy atom. The predicted octanol–water partition coefficient (Wildman–Crippen LogP) is 4.52. The lowest BCUT2D eigenvalue weighted by Gasteiger charge is -2.34. The summed E-state index contributed by atoms with van der Waals surface area (Å²) in [7, 11) is -1.99. The summed E-state index contributed by atoms with van der Waals surface area (Å²) in [6.07, 6.45) is 0. The van der Waals surface area contributed by atoms with Crippen LogP contribution in [0.2, 0.25) is 0 Å². The first-order valence-electron chi connectivity index (χ1n) is 11.7. The van der Waals surface area contributed by atoms with Crippen LogP contribution in [-0.2, 0) is 0 Å². The zero-order valence-electron chi connectivity index (χ0n) is 19.9. The third kappa shape index (κ3) is 4.02. The van der Waals surface area contributed by atoms with Crippen LogP contribution in [0.1, 0.15) is 29.3 Å².